The average Bonchev–Trinajstić information content (AvgIpc) is 2.87. The first-order valence-corrected chi connectivity index (χ1v) is 11.1. The van der Waals surface area contributed by atoms with Crippen molar-refractivity contribution in [2.75, 3.05) is 7.11 Å². The molecular formula is C28H23F4NO3. The molecule has 4 aromatic rings. The van der Waals surface area contributed by atoms with Gasteiger partial charge in [-0.25, -0.2) is 4.39 Å². The van der Waals surface area contributed by atoms with Crippen LogP contribution in [0, 0.1) is 5.82 Å². The first-order chi connectivity index (χ1) is 17.2. The number of benzene rings is 4. The number of carbonyl (C=O) groups is 1. The zero-order valence-electron chi connectivity index (χ0n) is 19.2. The molecule has 1 amide bonds. The maximum absolute atomic E-state index is 13.4. The van der Waals surface area contributed by atoms with Crippen molar-refractivity contribution in [2.45, 2.75) is 24.7 Å². The van der Waals surface area contributed by atoms with Crippen LogP contribution in [0.4, 0.5) is 17.6 Å². The van der Waals surface area contributed by atoms with Gasteiger partial charge in [-0.2, -0.15) is 13.2 Å². The summed E-state index contributed by atoms with van der Waals surface area (Å²) < 4.78 is 57.5. The van der Waals surface area contributed by atoms with Crippen LogP contribution in [0.2, 0.25) is 0 Å². The van der Waals surface area contributed by atoms with Gasteiger partial charge in [0.15, 0.2) is 0 Å². The van der Waals surface area contributed by atoms with Crippen molar-refractivity contribution in [2.24, 2.45) is 0 Å². The third-order valence-corrected chi connectivity index (χ3v) is 5.98. The minimum atomic E-state index is -4.48. The monoisotopic (exact) mass is 497 g/mol. The van der Waals surface area contributed by atoms with Crippen LogP contribution in [0.15, 0.2) is 84.9 Å². The molecule has 0 aliphatic rings. The molecule has 2 atom stereocenters. The second-order valence-electron chi connectivity index (χ2n) is 8.37. The highest BCUT2D eigenvalue weighted by molar-refractivity contribution is 6.07. The first kappa shape index (κ1) is 25.2. The van der Waals surface area contributed by atoms with Crippen molar-refractivity contribution in [3.05, 3.63) is 113 Å². The van der Waals surface area contributed by atoms with E-state index in [1.54, 1.807) is 37.4 Å². The Kier molecular flexibility index (Phi) is 7.26. The minimum Gasteiger partial charge on any atom is -0.497 e. The van der Waals surface area contributed by atoms with Gasteiger partial charge in [0.1, 0.15) is 11.6 Å². The lowest BCUT2D eigenvalue weighted by molar-refractivity contribution is -0.137. The molecule has 0 aliphatic heterocycles. The average molecular weight is 497 g/mol. The number of fused-ring (bicyclic) bond motifs is 1. The second-order valence-corrected chi connectivity index (χ2v) is 8.37. The molecule has 0 radical (unpaired) electrons. The number of alkyl halides is 3. The van der Waals surface area contributed by atoms with E-state index in [2.05, 4.69) is 5.32 Å². The van der Waals surface area contributed by atoms with E-state index in [4.69, 9.17) is 4.74 Å². The molecule has 2 unspecified atom stereocenters. The van der Waals surface area contributed by atoms with Crippen LogP contribution in [0.25, 0.3) is 10.8 Å². The minimum absolute atomic E-state index is 0.0427. The van der Waals surface area contributed by atoms with Crippen molar-refractivity contribution < 1.29 is 32.2 Å². The summed E-state index contributed by atoms with van der Waals surface area (Å²) in [6.07, 6.45) is -5.68. The van der Waals surface area contributed by atoms with E-state index in [-0.39, 0.29) is 6.42 Å². The molecule has 0 spiro atoms. The molecule has 0 fully saturated rings. The summed E-state index contributed by atoms with van der Waals surface area (Å²) in [5.74, 6) is -0.323. The Labute approximate surface area is 205 Å². The normalized spacial score (nSPS) is 13.3. The van der Waals surface area contributed by atoms with Gasteiger partial charge in [-0.1, -0.05) is 36.4 Å². The van der Waals surface area contributed by atoms with Gasteiger partial charge in [-0.3, -0.25) is 4.79 Å². The second kappa shape index (κ2) is 10.4. The predicted molar refractivity (Wildman–Crippen MR) is 128 cm³/mol. The summed E-state index contributed by atoms with van der Waals surface area (Å²) in [5.41, 5.74) is 0.407. The van der Waals surface area contributed by atoms with E-state index in [0.29, 0.717) is 27.8 Å². The van der Waals surface area contributed by atoms with Crippen LogP contribution in [0.1, 0.15) is 33.2 Å². The van der Waals surface area contributed by atoms with Crippen LogP contribution in [-0.4, -0.2) is 24.2 Å². The fourth-order valence-electron chi connectivity index (χ4n) is 4.05. The van der Waals surface area contributed by atoms with Crippen molar-refractivity contribution in [1.82, 2.24) is 5.32 Å². The largest absolute Gasteiger partial charge is 0.497 e. The van der Waals surface area contributed by atoms with Gasteiger partial charge >= 0.3 is 6.18 Å². The summed E-state index contributed by atoms with van der Waals surface area (Å²) in [5, 5.41) is 15.3. The van der Waals surface area contributed by atoms with Crippen molar-refractivity contribution in [3.8, 4) is 5.75 Å². The number of nitrogens with one attached hydrogen (secondary N) is 1. The molecule has 36 heavy (non-hydrogen) atoms. The number of carbonyl (C=O) groups excluding carboxylic acids is 1. The molecule has 4 aromatic carbocycles. The third-order valence-electron chi connectivity index (χ3n) is 5.98. The smallest absolute Gasteiger partial charge is 0.416 e. The first-order valence-electron chi connectivity index (χ1n) is 11.1. The van der Waals surface area contributed by atoms with Gasteiger partial charge in [0.05, 0.1) is 24.8 Å². The fourth-order valence-corrected chi connectivity index (χ4v) is 4.05. The highest BCUT2D eigenvalue weighted by Crippen LogP contribution is 2.30. The Balaban J connectivity index is 1.65. The van der Waals surface area contributed by atoms with Crippen LogP contribution in [-0.2, 0) is 12.6 Å². The number of methoxy groups -OCH3 is 1. The number of amides is 1. The van der Waals surface area contributed by atoms with Gasteiger partial charge in [0, 0.05) is 5.56 Å². The van der Waals surface area contributed by atoms with Gasteiger partial charge < -0.3 is 15.2 Å². The number of aliphatic hydroxyl groups is 1. The van der Waals surface area contributed by atoms with E-state index in [1.165, 1.54) is 36.4 Å². The summed E-state index contributed by atoms with van der Waals surface area (Å²) in [4.78, 5) is 13.3. The quantitative estimate of drug-likeness (QED) is 0.304. The maximum Gasteiger partial charge on any atom is 0.416 e. The molecule has 0 heterocycles. The lowest BCUT2D eigenvalue weighted by Crippen LogP contribution is -2.41. The Morgan fingerprint density at radius 3 is 2.31 bits per heavy atom. The number of hydrogen-bond donors (Lipinski definition) is 2. The lowest BCUT2D eigenvalue weighted by Gasteiger charge is -2.25. The van der Waals surface area contributed by atoms with Crippen LogP contribution < -0.4 is 10.1 Å². The Morgan fingerprint density at radius 2 is 1.67 bits per heavy atom. The molecule has 186 valence electrons. The Hall–Kier alpha value is -3.91. The SMILES string of the molecule is COc1ccc2c(C(=O)NC(Cc3ccc(C(F)(F)F)cc3)C(O)c3ccc(F)cc3)cccc2c1. The maximum atomic E-state index is 13.4. The van der Waals surface area contributed by atoms with Crippen molar-refractivity contribution in [1.29, 1.82) is 0 Å². The molecule has 4 nitrogen and oxygen atoms in total. The van der Waals surface area contributed by atoms with Crippen LogP contribution >= 0.6 is 0 Å². The molecule has 0 saturated heterocycles. The molecule has 0 aromatic heterocycles. The van der Waals surface area contributed by atoms with Crippen LogP contribution in [0.3, 0.4) is 0 Å². The topological polar surface area (TPSA) is 58.6 Å². The Morgan fingerprint density at radius 1 is 0.972 bits per heavy atom. The summed E-state index contributed by atoms with van der Waals surface area (Å²) in [6, 6.07) is 19.3. The van der Waals surface area contributed by atoms with Gasteiger partial charge in [0.2, 0.25) is 0 Å². The lowest BCUT2D eigenvalue weighted by atomic mass is 9.94. The molecule has 0 saturated carbocycles. The number of hydrogen-bond acceptors (Lipinski definition) is 3. The number of halogens is 4. The van der Waals surface area contributed by atoms with Gasteiger partial charge in [-0.05, 0) is 76.9 Å². The van der Waals surface area contributed by atoms with Crippen molar-refractivity contribution in [3.63, 3.8) is 0 Å². The molecule has 0 bridgehead atoms. The summed E-state index contributed by atoms with van der Waals surface area (Å²) in [6.45, 7) is 0. The standard InChI is InChI=1S/C28H23F4NO3/c1-36-22-13-14-23-19(16-22)3-2-4-24(23)27(35)33-25(26(34)18-7-11-21(29)12-8-18)15-17-5-9-20(10-6-17)28(30,31)32/h2-14,16,25-26,34H,15H2,1H3,(H,33,35). The van der Waals surface area contributed by atoms with E-state index in [9.17, 15) is 27.5 Å². The Bertz CT molecular complexity index is 1350. The zero-order valence-corrected chi connectivity index (χ0v) is 19.2. The predicted octanol–water partition coefficient (Wildman–Crippen LogP) is 6.08. The molecule has 2 N–H and O–H groups in total. The van der Waals surface area contributed by atoms with Crippen LogP contribution in [0.5, 0.6) is 5.75 Å². The fraction of sp³-hybridized carbons (Fsp3) is 0.179. The molecule has 8 heteroatoms. The number of aliphatic hydroxyl groups excluding tert-OH is 1. The van der Waals surface area contributed by atoms with E-state index >= 15 is 0 Å². The molecular weight excluding hydrogens is 474 g/mol. The number of ether oxygens (including phenoxy) is 1. The van der Waals surface area contributed by atoms with Gasteiger partial charge in [0.25, 0.3) is 5.91 Å². The highest BCUT2D eigenvalue weighted by Gasteiger charge is 2.30. The van der Waals surface area contributed by atoms with Crippen molar-refractivity contribution >= 4 is 16.7 Å². The number of rotatable bonds is 7. The van der Waals surface area contributed by atoms with E-state index in [1.807, 2.05) is 6.07 Å². The van der Waals surface area contributed by atoms with Gasteiger partial charge in [-0.15, -0.1) is 0 Å². The zero-order chi connectivity index (χ0) is 25.9. The van der Waals surface area contributed by atoms with E-state index < -0.39 is 35.6 Å². The molecule has 4 rings (SSSR count). The third kappa shape index (κ3) is 5.66. The summed E-state index contributed by atoms with van der Waals surface area (Å²) >= 11 is 0. The summed E-state index contributed by atoms with van der Waals surface area (Å²) in [7, 11) is 1.54. The van der Waals surface area contributed by atoms with E-state index in [0.717, 1.165) is 17.5 Å². The molecule has 0 aliphatic carbocycles. The highest BCUT2D eigenvalue weighted by atomic mass is 19.4.